The van der Waals surface area contributed by atoms with Crippen LogP contribution in [-0.4, -0.2) is 9.97 Å². The third kappa shape index (κ3) is 2.18. The minimum absolute atomic E-state index is 0.596. The molecular formula is C13H10Cl2N2S. The van der Waals surface area contributed by atoms with Crippen LogP contribution in [0.2, 0.25) is 10.0 Å². The molecule has 1 aliphatic carbocycles. The van der Waals surface area contributed by atoms with Gasteiger partial charge in [0.05, 0.1) is 0 Å². The van der Waals surface area contributed by atoms with Gasteiger partial charge in [-0.3, -0.25) is 0 Å². The summed E-state index contributed by atoms with van der Waals surface area (Å²) >= 11 is 17.3. The lowest BCUT2D eigenvalue weighted by Crippen LogP contribution is -1.97. The van der Waals surface area contributed by atoms with Crippen LogP contribution >= 0.6 is 35.4 Å². The van der Waals surface area contributed by atoms with Gasteiger partial charge in [0.1, 0.15) is 10.5 Å². The monoisotopic (exact) mass is 296 g/mol. The van der Waals surface area contributed by atoms with E-state index in [1.165, 1.54) is 11.3 Å². The molecular weight excluding hydrogens is 287 g/mol. The summed E-state index contributed by atoms with van der Waals surface area (Å²) in [7, 11) is 0. The van der Waals surface area contributed by atoms with Gasteiger partial charge in [-0.2, -0.15) is 0 Å². The van der Waals surface area contributed by atoms with Gasteiger partial charge in [-0.25, -0.2) is 4.98 Å². The number of rotatable bonds is 1. The van der Waals surface area contributed by atoms with Crippen molar-refractivity contribution in [2.24, 2.45) is 0 Å². The molecule has 3 rings (SSSR count). The highest BCUT2D eigenvalue weighted by atomic mass is 35.5. The first-order valence-corrected chi connectivity index (χ1v) is 6.88. The average molecular weight is 297 g/mol. The zero-order valence-electron chi connectivity index (χ0n) is 9.46. The highest BCUT2D eigenvalue weighted by molar-refractivity contribution is 7.71. The van der Waals surface area contributed by atoms with E-state index in [4.69, 9.17) is 35.4 Å². The number of aromatic amines is 1. The standard InChI is InChI=1S/C13H10Cl2N2S/c14-8-4-7(5-9(15)6-8)12-16-11-3-1-2-10(11)13(18)17-12/h4-6H,1-3H2,(H,16,17,18). The van der Waals surface area contributed by atoms with Crippen LogP contribution in [0.4, 0.5) is 0 Å². The van der Waals surface area contributed by atoms with E-state index in [1.807, 2.05) is 12.1 Å². The fourth-order valence-corrected chi connectivity index (χ4v) is 3.13. The fraction of sp³-hybridized carbons (Fsp3) is 0.231. The molecule has 0 fully saturated rings. The van der Waals surface area contributed by atoms with Gasteiger partial charge in [-0.1, -0.05) is 35.4 Å². The van der Waals surface area contributed by atoms with Gasteiger partial charge >= 0.3 is 0 Å². The number of H-pyrrole nitrogens is 1. The molecule has 5 heteroatoms. The molecule has 1 N–H and O–H groups in total. The minimum Gasteiger partial charge on any atom is -0.343 e. The van der Waals surface area contributed by atoms with Crippen molar-refractivity contribution in [3.63, 3.8) is 0 Å². The molecule has 0 unspecified atom stereocenters. The lowest BCUT2D eigenvalue weighted by Gasteiger charge is -2.06. The maximum absolute atomic E-state index is 6.00. The van der Waals surface area contributed by atoms with Crippen molar-refractivity contribution in [3.05, 3.63) is 44.1 Å². The average Bonchev–Trinajstić information content (AvgIpc) is 2.76. The second-order valence-electron chi connectivity index (χ2n) is 4.36. The van der Waals surface area contributed by atoms with Gasteiger partial charge in [-0.15, -0.1) is 0 Å². The molecule has 1 aromatic carbocycles. The minimum atomic E-state index is 0.596. The molecule has 0 amide bonds. The molecule has 0 bridgehead atoms. The first-order chi connectivity index (χ1) is 8.63. The number of aryl methyl sites for hydroxylation is 1. The van der Waals surface area contributed by atoms with E-state index in [9.17, 15) is 0 Å². The number of benzene rings is 1. The maximum Gasteiger partial charge on any atom is 0.139 e. The van der Waals surface area contributed by atoms with Crippen molar-refractivity contribution < 1.29 is 0 Å². The molecule has 0 spiro atoms. The van der Waals surface area contributed by atoms with Crippen LogP contribution < -0.4 is 0 Å². The quantitative estimate of drug-likeness (QED) is 0.779. The van der Waals surface area contributed by atoms with E-state index in [2.05, 4.69) is 9.97 Å². The van der Waals surface area contributed by atoms with Crippen LogP contribution in [0.15, 0.2) is 18.2 Å². The Morgan fingerprint density at radius 1 is 1.11 bits per heavy atom. The van der Waals surface area contributed by atoms with Gasteiger partial charge in [0, 0.05) is 26.9 Å². The number of aromatic nitrogens is 2. The summed E-state index contributed by atoms with van der Waals surface area (Å²) in [5, 5.41) is 1.19. The van der Waals surface area contributed by atoms with Gasteiger partial charge in [-0.05, 0) is 37.5 Å². The number of nitrogens with one attached hydrogen (secondary N) is 1. The third-order valence-corrected chi connectivity index (χ3v) is 3.87. The molecule has 92 valence electrons. The first kappa shape index (κ1) is 12.2. The van der Waals surface area contributed by atoms with Gasteiger partial charge < -0.3 is 4.98 Å². The summed E-state index contributed by atoms with van der Waals surface area (Å²) in [4.78, 5) is 7.78. The van der Waals surface area contributed by atoms with Crippen molar-refractivity contribution in [2.45, 2.75) is 19.3 Å². The Hall–Kier alpha value is -0.900. The van der Waals surface area contributed by atoms with E-state index < -0.39 is 0 Å². The molecule has 18 heavy (non-hydrogen) atoms. The number of fused-ring (bicyclic) bond motifs is 1. The van der Waals surface area contributed by atoms with Crippen LogP contribution in [0.1, 0.15) is 17.7 Å². The summed E-state index contributed by atoms with van der Waals surface area (Å²) in [6.45, 7) is 0. The Labute approximate surface area is 120 Å². The van der Waals surface area contributed by atoms with E-state index in [0.29, 0.717) is 14.7 Å². The summed E-state index contributed by atoms with van der Waals surface area (Å²) in [6, 6.07) is 5.37. The van der Waals surface area contributed by atoms with Crippen LogP contribution in [0, 0.1) is 4.64 Å². The predicted octanol–water partition coefficient (Wildman–Crippen LogP) is 4.60. The van der Waals surface area contributed by atoms with E-state index in [1.54, 1.807) is 6.07 Å². The molecule has 1 heterocycles. The molecule has 1 aliphatic rings. The topological polar surface area (TPSA) is 28.7 Å². The molecule has 2 nitrogen and oxygen atoms in total. The lowest BCUT2D eigenvalue weighted by molar-refractivity contribution is 0.899. The van der Waals surface area contributed by atoms with Gasteiger partial charge in [0.15, 0.2) is 0 Å². The lowest BCUT2D eigenvalue weighted by atomic mass is 10.2. The van der Waals surface area contributed by atoms with Crippen molar-refractivity contribution >= 4 is 35.4 Å². The van der Waals surface area contributed by atoms with Gasteiger partial charge in [0.2, 0.25) is 0 Å². The summed E-state index contributed by atoms with van der Waals surface area (Å²) in [5.74, 6) is 0.741. The van der Waals surface area contributed by atoms with Gasteiger partial charge in [0.25, 0.3) is 0 Å². The van der Waals surface area contributed by atoms with Crippen LogP contribution in [0.5, 0.6) is 0 Å². The highest BCUT2D eigenvalue weighted by Crippen LogP contribution is 2.28. The first-order valence-electron chi connectivity index (χ1n) is 5.72. The van der Waals surface area contributed by atoms with Crippen LogP contribution in [0.25, 0.3) is 11.4 Å². The van der Waals surface area contributed by atoms with E-state index in [-0.39, 0.29) is 0 Å². The Morgan fingerprint density at radius 2 is 1.83 bits per heavy atom. The highest BCUT2D eigenvalue weighted by Gasteiger charge is 2.15. The molecule has 2 aromatic rings. The van der Waals surface area contributed by atoms with Crippen molar-refractivity contribution in [1.29, 1.82) is 0 Å². The molecule has 0 atom stereocenters. The second-order valence-corrected chi connectivity index (χ2v) is 5.62. The Balaban J connectivity index is 2.18. The molecule has 0 saturated heterocycles. The summed E-state index contributed by atoms with van der Waals surface area (Å²) < 4.78 is 0.687. The zero-order valence-corrected chi connectivity index (χ0v) is 11.8. The Morgan fingerprint density at radius 3 is 2.56 bits per heavy atom. The van der Waals surface area contributed by atoms with Crippen molar-refractivity contribution in [3.8, 4) is 11.4 Å². The van der Waals surface area contributed by atoms with Crippen LogP contribution in [-0.2, 0) is 12.8 Å². The number of halogens is 2. The fourth-order valence-electron chi connectivity index (χ4n) is 2.28. The summed E-state index contributed by atoms with van der Waals surface area (Å²) in [6.07, 6.45) is 3.19. The third-order valence-electron chi connectivity index (χ3n) is 3.09. The predicted molar refractivity (Wildman–Crippen MR) is 76.9 cm³/mol. The van der Waals surface area contributed by atoms with Crippen molar-refractivity contribution in [1.82, 2.24) is 9.97 Å². The molecule has 1 aromatic heterocycles. The zero-order chi connectivity index (χ0) is 12.7. The Kier molecular flexibility index (Phi) is 3.14. The molecule has 0 saturated carbocycles. The smallest absolute Gasteiger partial charge is 0.139 e. The summed E-state index contributed by atoms with van der Waals surface area (Å²) in [5.41, 5.74) is 3.25. The number of hydrogen-bond donors (Lipinski definition) is 1. The van der Waals surface area contributed by atoms with E-state index in [0.717, 1.165) is 30.7 Å². The SMILES string of the molecule is S=c1nc(-c2cc(Cl)cc(Cl)c2)[nH]c2c1CCC2. The number of nitrogens with zero attached hydrogens (tertiary/aromatic N) is 1. The van der Waals surface area contributed by atoms with E-state index >= 15 is 0 Å². The number of hydrogen-bond acceptors (Lipinski definition) is 2. The molecule has 0 radical (unpaired) electrons. The second kappa shape index (κ2) is 4.65. The largest absolute Gasteiger partial charge is 0.343 e. The molecule has 0 aliphatic heterocycles. The van der Waals surface area contributed by atoms with Crippen molar-refractivity contribution in [2.75, 3.05) is 0 Å². The normalized spacial score (nSPS) is 13.7. The van der Waals surface area contributed by atoms with Crippen LogP contribution in [0.3, 0.4) is 0 Å². The maximum atomic E-state index is 6.00. The Bertz CT molecular complexity index is 659.